The number of nitriles is 2. The van der Waals surface area contributed by atoms with Crippen LogP contribution < -0.4 is 10.2 Å². The van der Waals surface area contributed by atoms with E-state index >= 15 is 0 Å². The Morgan fingerprint density at radius 1 is 1.17 bits per heavy atom. The number of hydrogen-bond acceptors (Lipinski definition) is 5. The molecule has 1 amide bonds. The van der Waals surface area contributed by atoms with Gasteiger partial charge in [0.05, 0.1) is 11.3 Å². The maximum Gasteiger partial charge on any atom is 0.266 e. The van der Waals surface area contributed by atoms with Crippen LogP contribution in [0, 0.1) is 28.5 Å². The Balaban J connectivity index is 1.56. The normalized spacial score (nSPS) is 16.0. The van der Waals surface area contributed by atoms with Gasteiger partial charge in [-0.15, -0.1) is 11.3 Å². The van der Waals surface area contributed by atoms with Gasteiger partial charge < -0.3 is 10.2 Å². The summed E-state index contributed by atoms with van der Waals surface area (Å²) in [5, 5.41) is 22.2. The Morgan fingerprint density at radius 3 is 2.63 bits per heavy atom. The van der Waals surface area contributed by atoms with Crippen LogP contribution in [0.1, 0.15) is 47.3 Å². The zero-order valence-electron chi connectivity index (χ0n) is 16.5. The molecule has 2 aromatic rings. The monoisotopic (exact) mass is 420 g/mol. The molecule has 0 bridgehead atoms. The fourth-order valence-electron chi connectivity index (χ4n) is 4.09. The minimum Gasteiger partial charge on any atom is -0.369 e. The fraction of sp³-hybridized carbons (Fsp3) is 0.348. The van der Waals surface area contributed by atoms with Gasteiger partial charge in [0.15, 0.2) is 0 Å². The van der Waals surface area contributed by atoms with Crippen LogP contribution in [0.25, 0.3) is 6.08 Å². The minimum atomic E-state index is -0.586. The molecule has 2 aliphatic rings. The second-order valence-corrected chi connectivity index (χ2v) is 8.66. The molecule has 4 rings (SSSR count). The number of aryl methyl sites for hydroxylation is 1. The van der Waals surface area contributed by atoms with Crippen LogP contribution in [0.2, 0.25) is 0 Å². The molecule has 1 aliphatic heterocycles. The summed E-state index contributed by atoms with van der Waals surface area (Å²) < 4.78 is 14.5. The SMILES string of the molecule is N#C/C(=C\c1ccc(N2CCCC2)c(F)c1)C(=O)Nc1sc2c(c1C#N)CCCC2. The highest BCUT2D eigenvalue weighted by Crippen LogP contribution is 2.37. The Labute approximate surface area is 179 Å². The molecule has 1 fully saturated rings. The maximum atomic E-state index is 14.5. The molecule has 7 heteroatoms. The molecule has 0 radical (unpaired) electrons. The fourth-order valence-corrected chi connectivity index (χ4v) is 5.32. The van der Waals surface area contributed by atoms with E-state index in [9.17, 15) is 19.7 Å². The predicted molar refractivity (Wildman–Crippen MR) is 116 cm³/mol. The highest BCUT2D eigenvalue weighted by atomic mass is 32.1. The number of fused-ring (bicyclic) bond motifs is 1. The number of anilines is 2. The molecule has 0 spiro atoms. The lowest BCUT2D eigenvalue weighted by Crippen LogP contribution is -2.18. The molecular weight excluding hydrogens is 399 g/mol. The number of thiophene rings is 1. The third-order valence-corrected chi connectivity index (χ3v) is 6.81. The molecule has 30 heavy (non-hydrogen) atoms. The van der Waals surface area contributed by atoms with E-state index in [1.165, 1.54) is 23.5 Å². The molecular formula is C23H21FN4OS. The van der Waals surface area contributed by atoms with Crippen molar-refractivity contribution in [2.45, 2.75) is 38.5 Å². The van der Waals surface area contributed by atoms with Gasteiger partial charge in [-0.3, -0.25) is 4.79 Å². The summed E-state index contributed by atoms with van der Waals surface area (Å²) in [4.78, 5) is 15.8. The summed E-state index contributed by atoms with van der Waals surface area (Å²) >= 11 is 1.41. The van der Waals surface area contributed by atoms with Crippen LogP contribution in [0.3, 0.4) is 0 Å². The van der Waals surface area contributed by atoms with Crippen molar-refractivity contribution in [1.29, 1.82) is 10.5 Å². The first-order valence-corrected chi connectivity index (χ1v) is 10.9. The van der Waals surface area contributed by atoms with E-state index in [1.54, 1.807) is 12.1 Å². The summed E-state index contributed by atoms with van der Waals surface area (Å²) in [5.41, 5.74) is 2.40. The second kappa shape index (κ2) is 8.69. The minimum absolute atomic E-state index is 0.126. The number of rotatable bonds is 4. The molecule has 1 saturated heterocycles. The Bertz CT molecular complexity index is 1100. The van der Waals surface area contributed by atoms with Crippen molar-refractivity contribution in [3.63, 3.8) is 0 Å². The first kappa shape index (κ1) is 20.1. The average Bonchev–Trinajstić information content (AvgIpc) is 3.39. The van der Waals surface area contributed by atoms with Gasteiger partial charge >= 0.3 is 0 Å². The molecule has 1 aliphatic carbocycles. The van der Waals surface area contributed by atoms with Crippen molar-refractivity contribution in [3.8, 4) is 12.1 Å². The maximum absolute atomic E-state index is 14.5. The predicted octanol–water partition coefficient (Wildman–Crippen LogP) is 4.78. The van der Waals surface area contributed by atoms with Gasteiger partial charge in [-0.2, -0.15) is 10.5 Å². The molecule has 2 heterocycles. The molecule has 0 atom stereocenters. The van der Waals surface area contributed by atoms with E-state index in [0.29, 0.717) is 21.8 Å². The summed E-state index contributed by atoms with van der Waals surface area (Å²) in [6, 6.07) is 8.85. The van der Waals surface area contributed by atoms with E-state index in [4.69, 9.17) is 0 Å². The number of carbonyl (C=O) groups excluding carboxylic acids is 1. The molecule has 1 aromatic heterocycles. The summed E-state index contributed by atoms with van der Waals surface area (Å²) in [6.45, 7) is 1.67. The van der Waals surface area contributed by atoms with Crippen molar-refractivity contribution in [3.05, 3.63) is 51.2 Å². The summed E-state index contributed by atoms with van der Waals surface area (Å²) in [5.74, 6) is -0.947. The lowest BCUT2D eigenvalue weighted by Gasteiger charge is -2.18. The highest BCUT2D eigenvalue weighted by molar-refractivity contribution is 7.16. The van der Waals surface area contributed by atoms with Gasteiger partial charge in [0.2, 0.25) is 0 Å². The van der Waals surface area contributed by atoms with E-state index in [2.05, 4.69) is 11.4 Å². The van der Waals surface area contributed by atoms with Gasteiger partial charge in [-0.1, -0.05) is 6.07 Å². The van der Waals surface area contributed by atoms with Gasteiger partial charge in [0, 0.05) is 18.0 Å². The molecule has 5 nitrogen and oxygen atoms in total. The third-order valence-electron chi connectivity index (χ3n) is 5.60. The molecule has 0 unspecified atom stereocenters. The van der Waals surface area contributed by atoms with E-state index in [-0.39, 0.29) is 11.4 Å². The Hall–Kier alpha value is -3.16. The average molecular weight is 421 g/mol. The van der Waals surface area contributed by atoms with E-state index in [1.807, 2.05) is 11.0 Å². The lowest BCUT2D eigenvalue weighted by atomic mass is 9.96. The number of hydrogen-bond donors (Lipinski definition) is 1. The summed E-state index contributed by atoms with van der Waals surface area (Å²) in [6.07, 6.45) is 7.35. The van der Waals surface area contributed by atoms with Crippen molar-refractivity contribution in [2.75, 3.05) is 23.3 Å². The largest absolute Gasteiger partial charge is 0.369 e. The number of nitrogens with zero attached hydrogens (tertiary/aromatic N) is 3. The zero-order chi connectivity index (χ0) is 21.1. The van der Waals surface area contributed by atoms with Crippen molar-refractivity contribution >= 4 is 34.0 Å². The number of amides is 1. The van der Waals surface area contributed by atoms with Crippen LogP contribution in [0.15, 0.2) is 23.8 Å². The Kier molecular flexibility index (Phi) is 5.83. The second-order valence-electron chi connectivity index (χ2n) is 7.56. The van der Waals surface area contributed by atoms with Crippen LogP contribution in [0.5, 0.6) is 0 Å². The number of halogens is 1. The molecule has 1 aromatic carbocycles. The standard InChI is InChI=1S/C23H21FN4OS/c24-19-12-15(7-8-20(19)28-9-3-4-10-28)11-16(13-25)22(29)27-23-18(14-26)17-5-1-2-6-21(17)30-23/h7-8,11-12H,1-6,9-10H2,(H,27,29)/b16-11+. The van der Waals surface area contributed by atoms with Gasteiger partial charge in [0.1, 0.15) is 28.5 Å². The number of benzene rings is 1. The van der Waals surface area contributed by atoms with Gasteiger partial charge in [-0.25, -0.2) is 4.39 Å². The zero-order valence-corrected chi connectivity index (χ0v) is 17.3. The molecule has 1 N–H and O–H groups in total. The van der Waals surface area contributed by atoms with Gasteiger partial charge in [-0.05, 0) is 67.9 Å². The third kappa shape index (κ3) is 3.94. The smallest absolute Gasteiger partial charge is 0.266 e. The highest BCUT2D eigenvalue weighted by Gasteiger charge is 2.23. The van der Waals surface area contributed by atoms with Crippen molar-refractivity contribution in [2.24, 2.45) is 0 Å². The Morgan fingerprint density at radius 2 is 1.93 bits per heavy atom. The number of nitrogens with one attached hydrogen (secondary N) is 1. The quantitative estimate of drug-likeness (QED) is 0.570. The van der Waals surface area contributed by atoms with Crippen molar-refractivity contribution < 1.29 is 9.18 Å². The van der Waals surface area contributed by atoms with Gasteiger partial charge in [0.25, 0.3) is 5.91 Å². The first-order valence-electron chi connectivity index (χ1n) is 10.1. The van der Waals surface area contributed by atoms with E-state index in [0.717, 1.165) is 62.1 Å². The lowest BCUT2D eigenvalue weighted by molar-refractivity contribution is -0.112. The van der Waals surface area contributed by atoms with E-state index < -0.39 is 5.91 Å². The summed E-state index contributed by atoms with van der Waals surface area (Å²) in [7, 11) is 0. The molecule has 152 valence electrons. The first-order chi connectivity index (χ1) is 14.6. The van der Waals surface area contributed by atoms with Crippen LogP contribution in [-0.2, 0) is 17.6 Å². The van der Waals surface area contributed by atoms with Crippen LogP contribution in [0.4, 0.5) is 15.1 Å². The van der Waals surface area contributed by atoms with Crippen molar-refractivity contribution in [1.82, 2.24) is 0 Å². The topological polar surface area (TPSA) is 79.9 Å². The number of carbonyl (C=O) groups is 1. The van der Waals surface area contributed by atoms with Crippen LogP contribution >= 0.6 is 11.3 Å². The van der Waals surface area contributed by atoms with Crippen LogP contribution in [-0.4, -0.2) is 19.0 Å². The molecule has 0 saturated carbocycles.